The van der Waals surface area contributed by atoms with Gasteiger partial charge in [-0.25, -0.2) is 9.97 Å². The first kappa shape index (κ1) is 24.8. The van der Waals surface area contributed by atoms with Gasteiger partial charge in [-0.1, -0.05) is 38.3 Å². The van der Waals surface area contributed by atoms with Gasteiger partial charge in [-0.15, -0.1) is 0 Å². The fourth-order valence-electron chi connectivity index (χ4n) is 7.11. The molecule has 1 amide bonds. The maximum absolute atomic E-state index is 12.8. The highest BCUT2D eigenvalue weighted by Crippen LogP contribution is 2.43. The third-order valence-corrected chi connectivity index (χ3v) is 9.53. The number of fused-ring (bicyclic) bond motifs is 4. The summed E-state index contributed by atoms with van der Waals surface area (Å²) in [5.41, 5.74) is 2.05. The van der Waals surface area contributed by atoms with Gasteiger partial charge >= 0.3 is 0 Å². The fourth-order valence-corrected chi connectivity index (χ4v) is 7.11. The molecule has 2 saturated carbocycles. The Morgan fingerprint density at radius 2 is 1.97 bits per heavy atom. The lowest BCUT2D eigenvalue weighted by atomic mass is 9.77. The van der Waals surface area contributed by atoms with Gasteiger partial charge in [-0.05, 0) is 50.2 Å². The van der Waals surface area contributed by atoms with E-state index in [4.69, 9.17) is 9.97 Å². The van der Waals surface area contributed by atoms with Crippen LogP contribution in [0.1, 0.15) is 63.9 Å². The quantitative estimate of drug-likeness (QED) is 0.583. The van der Waals surface area contributed by atoms with Crippen molar-refractivity contribution in [3.63, 3.8) is 0 Å². The largest absolute Gasteiger partial charge is 0.367 e. The monoisotopic (exact) mass is 528 g/mol. The Morgan fingerprint density at radius 3 is 2.74 bits per heavy atom. The molecule has 3 aliphatic heterocycles. The van der Waals surface area contributed by atoms with Crippen LogP contribution in [-0.2, 0) is 4.79 Å². The molecule has 0 bridgehead atoms. The Balaban J connectivity index is 1.08. The number of hydrogen-bond acceptors (Lipinski definition) is 8. The van der Waals surface area contributed by atoms with Crippen molar-refractivity contribution >= 4 is 35.3 Å². The fraction of sp³-hybridized carbons (Fsp3) is 0.600. The van der Waals surface area contributed by atoms with Crippen molar-refractivity contribution in [2.45, 2.75) is 75.9 Å². The predicted octanol–water partition coefficient (Wildman–Crippen LogP) is 3.96. The lowest BCUT2D eigenvalue weighted by Gasteiger charge is -2.54. The molecule has 2 aliphatic carbocycles. The number of rotatable bonds is 6. The van der Waals surface area contributed by atoms with Crippen LogP contribution in [0.15, 0.2) is 30.6 Å². The number of carbonyl (C=O) groups is 1. The molecule has 2 N–H and O–H groups in total. The molecular weight excluding hydrogens is 488 g/mol. The van der Waals surface area contributed by atoms with Crippen LogP contribution >= 0.6 is 0 Å². The Hall–Kier alpha value is -3.20. The van der Waals surface area contributed by atoms with Gasteiger partial charge in [0.1, 0.15) is 17.7 Å². The van der Waals surface area contributed by atoms with Gasteiger partial charge in [0.2, 0.25) is 11.9 Å². The summed E-state index contributed by atoms with van der Waals surface area (Å²) in [7, 11) is 0. The van der Waals surface area contributed by atoms with Crippen LogP contribution in [0.4, 0.5) is 23.3 Å². The third kappa shape index (κ3) is 4.75. The van der Waals surface area contributed by atoms with E-state index in [0.29, 0.717) is 18.5 Å². The second-order valence-corrected chi connectivity index (χ2v) is 12.1. The molecule has 9 heteroatoms. The molecule has 7 rings (SSSR count). The smallest absolute Gasteiger partial charge is 0.246 e. The van der Waals surface area contributed by atoms with Gasteiger partial charge in [0.15, 0.2) is 0 Å². The molecule has 2 aromatic heterocycles. The van der Waals surface area contributed by atoms with Gasteiger partial charge < -0.3 is 20.4 Å². The van der Waals surface area contributed by atoms with E-state index in [0.717, 1.165) is 55.6 Å². The SMILES string of the molecule is CCC1CN(c2ccc(Nc3ncc4c(n3)N3C(C=C4)C(=O)NCC34CCCCC4)nc2)CCN1CC1CC1. The van der Waals surface area contributed by atoms with Crippen molar-refractivity contribution in [2.24, 2.45) is 5.92 Å². The number of anilines is 4. The van der Waals surface area contributed by atoms with E-state index in [1.165, 1.54) is 50.8 Å². The molecule has 0 radical (unpaired) electrons. The van der Waals surface area contributed by atoms with E-state index in [1.54, 1.807) is 0 Å². The van der Waals surface area contributed by atoms with Crippen molar-refractivity contribution in [1.82, 2.24) is 25.2 Å². The van der Waals surface area contributed by atoms with Crippen molar-refractivity contribution < 1.29 is 4.79 Å². The number of carbonyl (C=O) groups excluding carboxylic acids is 1. The summed E-state index contributed by atoms with van der Waals surface area (Å²) in [6.07, 6.45) is 17.6. The number of pyridine rings is 1. The van der Waals surface area contributed by atoms with Gasteiger partial charge in [-0.2, -0.15) is 4.98 Å². The zero-order chi connectivity index (χ0) is 26.4. The zero-order valence-corrected chi connectivity index (χ0v) is 23.0. The summed E-state index contributed by atoms with van der Waals surface area (Å²) in [6, 6.07) is 4.47. The molecule has 4 fully saturated rings. The molecule has 1 spiro atoms. The lowest BCUT2D eigenvalue weighted by Crippen LogP contribution is -2.69. The van der Waals surface area contributed by atoms with E-state index in [-0.39, 0.29) is 17.5 Å². The summed E-state index contributed by atoms with van der Waals surface area (Å²) in [5.74, 6) is 3.08. The van der Waals surface area contributed by atoms with Crippen molar-refractivity contribution in [3.8, 4) is 0 Å². The molecule has 2 atom stereocenters. The average molecular weight is 529 g/mol. The zero-order valence-electron chi connectivity index (χ0n) is 23.0. The number of nitrogens with zero attached hydrogens (tertiary/aromatic N) is 6. The summed E-state index contributed by atoms with van der Waals surface area (Å²) in [6.45, 7) is 7.50. The lowest BCUT2D eigenvalue weighted by molar-refractivity contribution is -0.123. The normalized spacial score (nSPS) is 26.2. The maximum Gasteiger partial charge on any atom is 0.246 e. The van der Waals surface area contributed by atoms with Gasteiger partial charge in [0, 0.05) is 50.5 Å². The minimum Gasteiger partial charge on any atom is -0.367 e. The van der Waals surface area contributed by atoms with Crippen LogP contribution in [0.25, 0.3) is 6.08 Å². The van der Waals surface area contributed by atoms with Gasteiger partial charge in [0.05, 0.1) is 17.4 Å². The molecule has 5 heterocycles. The molecule has 0 aromatic carbocycles. The number of aromatic nitrogens is 3. The van der Waals surface area contributed by atoms with Gasteiger partial charge in [0.25, 0.3) is 0 Å². The molecule has 5 aliphatic rings. The molecule has 206 valence electrons. The highest BCUT2D eigenvalue weighted by molar-refractivity contribution is 5.93. The first-order chi connectivity index (χ1) is 19.1. The van der Waals surface area contributed by atoms with Crippen LogP contribution in [0.5, 0.6) is 0 Å². The van der Waals surface area contributed by atoms with E-state index < -0.39 is 0 Å². The number of amides is 1. The minimum atomic E-state index is -0.318. The molecular formula is C30H40N8O. The van der Waals surface area contributed by atoms with E-state index in [1.807, 2.05) is 30.6 Å². The maximum atomic E-state index is 12.8. The van der Waals surface area contributed by atoms with Crippen LogP contribution in [0.3, 0.4) is 0 Å². The highest BCUT2D eigenvalue weighted by atomic mass is 16.2. The van der Waals surface area contributed by atoms with Crippen LogP contribution in [0, 0.1) is 5.92 Å². The standard InChI is InChI=1S/C30H40N8O/c1-2-23-19-37(15-14-36(23)18-21-6-7-21)24-9-11-26(31-17-24)34-29-32-16-22-8-10-25-28(39)33-20-30(12-4-3-5-13-30)38(25)27(22)35-29/h8-11,16-17,21,23,25H,2-7,12-15,18-20H2,1H3,(H,33,39)(H,31,32,34,35). The number of nitrogens with one attached hydrogen (secondary N) is 2. The van der Waals surface area contributed by atoms with Crippen molar-refractivity contribution in [2.75, 3.05) is 47.8 Å². The van der Waals surface area contributed by atoms with Crippen molar-refractivity contribution in [3.05, 3.63) is 36.2 Å². The molecule has 39 heavy (non-hydrogen) atoms. The summed E-state index contributed by atoms with van der Waals surface area (Å²) in [5, 5.41) is 6.50. The molecule has 2 unspecified atom stereocenters. The summed E-state index contributed by atoms with van der Waals surface area (Å²) in [4.78, 5) is 34.6. The third-order valence-electron chi connectivity index (χ3n) is 9.53. The van der Waals surface area contributed by atoms with E-state index in [2.05, 4.69) is 43.3 Å². The number of piperazine rings is 2. The topological polar surface area (TPSA) is 89.5 Å². The minimum absolute atomic E-state index is 0.0529. The molecule has 2 aromatic rings. The average Bonchev–Trinajstić information content (AvgIpc) is 3.80. The van der Waals surface area contributed by atoms with Crippen LogP contribution in [-0.4, -0.2) is 76.1 Å². The molecule has 9 nitrogen and oxygen atoms in total. The Bertz CT molecular complexity index is 1240. The summed E-state index contributed by atoms with van der Waals surface area (Å²) >= 11 is 0. The second-order valence-electron chi connectivity index (χ2n) is 12.1. The van der Waals surface area contributed by atoms with E-state index >= 15 is 0 Å². The van der Waals surface area contributed by atoms with E-state index in [9.17, 15) is 4.79 Å². The van der Waals surface area contributed by atoms with Crippen LogP contribution < -0.4 is 20.4 Å². The predicted molar refractivity (Wildman–Crippen MR) is 154 cm³/mol. The first-order valence-corrected chi connectivity index (χ1v) is 15.0. The van der Waals surface area contributed by atoms with Crippen LogP contribution in [0.2, 0.25) is 0 Å². The second kappa shape index (κ2) is 10.1. The Kier molecular flexibility index (Phi) is 6.41. The van der Waals surface area contributed by atoms with Gasteiger partial charge in [-0.3, -0.25) is 9.69 Å². The molecule has 2 saturated heterocycles. The Labute approximate surface area is 231 Å². The first-order valence-electron chi connectivity index (χ1n) is 15.0. The number of hydrogen-bond donors (Lipinski definition) is 2. The van der Waals surface area contributed by atoms with Crippen molar-refractivity contribution in [1.29, 1.82) is 0 Å². The summed E-state index contributed by atoms with van der Waals surface area (Å²) < 4.78 is 0. The Morgan fingerprint density at radius 1 is 1.10 bits per heavy atom. The highest BCUT2D eigenvalue weighted by Gasteiger charge is 2.49.